The fraction of sp³-hybridized carbons (Fsp3) is 0.333. The molecule has 0 spiro atoms. The minimum Gasteiger partial charge on any atom is -0.493 e. The summed E-state index contributed by atoms with van der Waals surface area (Å²) in [6.07, 6.45) is 0. The number of ether oxygens (including phenoxy) is 2. The molecule has 0 unspecified atom stereocenters. The Morgan fingerprint density at radius 3 is 2.42 bits per heavy atom. The standard InChI is InChI=1S/C27H30FN5O5/c1-5-38-22-11-8-18(12-23(22)37-4)15-29-24(34)20-13-21-25(35)32(3)27(2,16-33(21)31-20)26(36)30-14-17-6-9-19(28)10-7-17/h6-13H,5,14-16H2,1-4H3,(H,29,34)(H,30,36)/t27-/m0/s1. The summed E-state index contributed by atoms with van der Waals surface area (Å²) in [6.45, 7) is 4.45. The zero-order valence-corrected chi connectivity index (χ0v) is 21.7. The van der Waals surface area contributed by atoms with Crippen molar-refractivity contribution < 1.29 is 28.2 Å². The molecule has 1 aromatic heterocycles. The summed E-state index contributed by atoms with van der Waals surface area (Å²) >= 11 is 0. The molecular formula is C27H30FN5O5. The van der Waals surface area contributed by atoms with Gasteiger partial charge in [0.25, 0.3) is 11.8 Å². The molecule has 4 rings (SSSR count). The van der Waals surface area contributed by atoms with Crippen LogP contribution < -0.4 is 20.1 Å². The largest absolute Gasteiger partial charge is 0.493 e. The highest BCUT2D eigenvalue weighted by Gasteiger charge is 2.46. The van der Waals surface area contributed by atoms with Gasteiger partial charge in [0.15, 0.2) is 17.2 Å². The lowest BCUT2D eigenvalue weighted by atomic mass is 9.96. The van der Waals surface area contributed by atoms with Crippen molar-refractivity contribution in [3.8, 4) is 11.5 Å². The molecule has 1 atom stereocenters. The lowest BCUT2D eigenvalue weighted by Gasteiger charge is -2.40. The smallest absolute Gasteiger partial charge is 0.272 e. The summed E-state index contributed by atoms with van der Waals surface area (Å²) in [4.78, 5) is 40.4. The predicted octanol–water partition coefficient (Wildman–Crippen LogP) is 2.52. The van der Waals surface area contributed by atoms with Gasteiger partial charge in [-0.1, -0.05) is 18.2 Å². The zero-order valence-electron chi connectivity index (χ0n) is 21.7. The van der Waals surface area contributed by atoms with Crippen molar-refractivity contribution in [3.63, 3.8) is 0 Å². The van der Waals surface area contributed by atoms with Crippen LogP contribution in [0, 0.1) is 5.82 Å². The van der Waals surface area contributed by atoms with Crippen LogP contribution in [0.15, 0.2) is 48.5 Å². The van der Waals surface area contributed by atoms with Crippen molar-refractivity contribution in [1.82, 2.24) is 25.3 Å². The lowest BCUT2D eigenvalue weighted by molar-refractivity contribution is -0.132. The summed E-state index contributed by atoms with van der Waals surface area (Å²) in [5.41, 5.74) is 0.545. The van der Waals surface area contributed by atoms with Gasteiger partial charge < -0.3 is 25.0 Å². The molecule has 10 nitrogen and oxygen atoms in total. The van der Waals surface area contributed by atoms with E-state index in [4.69, 9.17) is 9.47 Å². The van der Waals surface area contributed by atoms with E-state index in [9.17, 15) is 18.8 Å². The summed E-state index contributed by atoms with van der Waals surface area (Å²) in [5.74, 6) is -0.485. The van der Waals surface area contributed by atoms with E-state index in [0.29, 0.717) is 18.1 Å². The maximum Gasteiger partial charge on any atom is 0.272 e. The molecule has 0 bridgehead atoms. The molecule has 2 aromatic carbocycles. The molecule has 1 aliphatic heterocycles. The van der Waals surface area contributed by atoms with Crippen LogP contribution in [0.2, 0.25) is 0 Å². The molecule has 0 fully saturated rings. The fourth-order valence-electron chi connectivity index (χ4n) is 4.18. The Balaban J connectivity index is 1.44. The first kappa shape index (κ1) is 26.6. The normalized spacial score (nSPS) is 16.6. The second-order valence-electron chi connectivity index (χ2n) is 9.12. The quantitative estimate of drug-likeness (QED) is 0.446. The van der Waals surface area contributed by atoms with Crippen molar-refractivity contribution in [1.29, 1.82) is 0 Å². The van der Waals surface area contributed by atoms with Gasteiger partial charge >= 0.3 is 0 Å². The number of fused-ring (bicyclic) bond motifs is 1. The summed E-state index contributed by atoms with van der Waals surface area (Å²) in [6, 6.07) is 12.6. The lowest BCUT2D eigenvalue weighted by Crippen LogP contribution is -2.62. The van der Waals surface area contributed by atoms with Crippen molar-refractivity contribution in [2.75, 3.05) is 20.8 Å². The molecule has 11 heteroatoms. The number of halogens is 1. The average Bonchev–Trinajstić information content (AvgIpc) is 3.34. The summed E-state index contributed by atoms with van der Waals surface area (Å²) < 4.78 is 25.4. The molecule has 2 heterocycles. The molecule has 2 N–H and O–H groups in total. The first-order chi connectivity index (χ1) is 18.2. The molecular weight excluding hydrogens is 493 g/mol. The summed E-state index contributed by atoms with van der Waals surface area (Å²) in [7, 11) is 3.08. The van der Waals surface area contributed by atoms with Gasteiger partial charge in [0, 0.05) is 26.2 Å². The van der Waals surface area contributed by atoms with Crippen LogP contribution in [0.3, 0.4) is 0 Å². The SMILES string of the molecule is CCOc1ccc(CNC(=O)c2cc3n(n2)C[C@@](C)(C(=O)NCc2ccc(F)cc2)N(C)C3=O)cc1OC. The van der Waals surface area contributed by atoms with Crippen LogP contribution in [0.25, 0.3) is 0 Å². The van der Waals surface area contributed by atoms with Crippen LogP contribution in [0.1, 0.15) is 46.0 Å². The van der Waals surface area contributed by atoms with Gasteiger partial charge in [-0.15, -0.1) is 0 Å². The number of amides is 3. The Morgan fingerprint density at radius 2 is 1.74 bits per heavy atom. The van der Waals surface area contributed by atoms with E-state index in [2.05, 4.69) is 15.7 Å². The molecule has 3 amide bonds. The minimum absolute atomic E-state index is 0.0587. The number of carbonyl (C=O) groups is 3. The number of aromatic nitrogens is 2. The van der Waals surface area contributed by atoms with E-state index < -0.39 is 23.3 Å². The van der Waals surface area contributed by atoms with Gasteiger partial charge in [0.1, 0.15) is 17.1 Å². The molecule has 0 aliphatic carbocycles. The number of methoxy groups -OCH3 is 1. The molecule has 0 radical (unpaired) electrons. The van der Waals surface area contributed by atoms with Gasteiger partial charge in [-0.3, -0.25) is 19.1 Å². The van der Waals surface area contributed by atoms with Crippen molar-refractivity contribution in [2.45, 2.75) is 39.0 Å². The van der Waals surface area contributed by atoms with Crippen molar-refractivity contribution >= 4 is 17.7 Å². The fourth-order valence-corrected chi connectivity index (χ4v) is 4.18. The highest BCUT2D eigenvalue weighted by Crippen LogP contribution is 2.28. The second kappa shape index (κ2) is 10.9. The van der Waals surface area contributed by atoms with Gasteiger partial charge in [-0.05, 0) is 49.2 Å². The van der Waals surface area contributed by atoms with Gasteiger partial charge in [0.05, 0.1) is 20.3 Å². The van der Waals surface area contributed by atoms with E-state index in [1.54, 1.807) is 38.3 Å². The molecule has 3 aromatic rings. The maximum absolute atomic E-state index is 13.2. The first-order valence-corrected chi connectivity index (χ1v) is 12.1. The van der Waals surface area contributed by atoms with Crippen LogP contribution in [-0.2, 0) is 24.4 Å². The van der Waals surface area contributed by atoms with E-state index in [1.807, 2.05) is 13.0 Å². The van der Waals surface area contributed by atoms with E-state index >= 15 is 0 Å². The monoisotopic (exact) mass is 523 g/mol. The van der Waals surface area contributed by atoms with Crippen LogP contribution in [0.4, 0.5) is 4.39 Å². The van der Waals surface area contributed by atoms with Crippen molar-refractivity contribution in [3.05, 3.63) is 76.9 Å². The van der Waals surface area contributed by atoms with Crippen molar-refractivity contribution in [2.24, 2.45) is 0 Å². The van der Waals surface area contributed by atoms with Crippen LogP contribution in [-0.4, -0.2) is 58.7 Å². The van der Waals surface area contributed by atoms with Gasteiger partial charge in [-0.25, -0.2) is 4.39 Å². The number of carbonyl (C=O) groups excluding carboxylic acids is 3. The molecule has 38 heavy (non-hydrogen) atoms. The Labute approximate surface area is 219 Å². The highest BCUT2D eigenvalue weighted by molar-refractivity contribution is 6.01. The third-order valence-corrected chi connectivity index (χ3v) is 6.57. The number of hydrogen-bond acceptors (Lipinski definition) is 6. The minimum atomic E-state index is -1.25. The number of hydrogen-bond donors (Lipinski definition) is 2. The first-order valence-electron chi connectivity index (χ1n) is 12.1. The third kappa shape index (κ3) is 5.31. The Kier molecular flexibility index (Phi) is 7.65. The summed E-state index contributed by atoms with van der Waals surface area (Å²) in [5, 5.41) is 9.92. The topological polar surface area (TPSA) is 115 Å². The Bertz CT molecular complexity index is 1360. The number of benzene rings is 2. The second-order valence-corrected chi connectivity index (χ2v) is 9.12. The number of nitrogens with one attached hydrogen (secondary N) is 2. The molecule has 0 saturated heterocycles. The number of nitrogens with zero attached hydrogens (tertiary/aromatic N) is 3. The molecule has 200 valence electrons. The predicted molar refractivity (Wildman–Crippen MR) is 136 cm³/mol. The van der Waals surface area contributed by atoms with Crippen LogP contribution >= 0.6 is 0 Å². The number of rotatable bonds is 9. The third-order valence-electron chi connectivity index (χ3n) is 6.57. The van der Waals surface area contributed by atoms with Gasteiger partial charge in [-0.2, -0.15) is 5.10 Å². The number of likely N-dealkylation sites (N-methyl/N-ethyl adjacent to an activating group) is 1. The molecule has 1 aliphatic rings. The Morgan fingerprint density at radius 1 is 1.05 bits per heavy atom. The highest BCUT2D eigenvalue weighted by atomic mass is 19.1. The van der Waals surface area contributed by atoms with Crippen LogP contribution in [0.5, 0.6) is 11.5 Å². The van der Waals surface area contributed by atoms with E-state index in [0.717, 1.165) is 11.1 Å². The maximum atomic E-state index is 13.2. The molecule has 0 saturated carbocycles. The van der Waals surface area contributed by atoms with Gasteiger partial charge in [0.2, 0.25) is 5.91 Å². The van der Waals surface area contributed by atoms with E-state index in [-0.39, 0.29) is 36.8 Å². The Hall–Kier alpha value is -4.41. The van der Waals surface area contributed by atoms with E-state index in [1.165, 1.54) is 34.8 Å². The average molecular weight is 524 g/mol. The zero-order chi connectivity index (χ0) is 27.4.